The molecule has 0 spiro atoms. The zero-order valence-electron chi connectivity index (χ0n) is 84.8. The zero-order valence-corrected chi connectivity index (χ0v) is 84.8. The summed E-state index contributed by atoms with van der Waals surface area (Å²) in [5, 5.41) is 54.7. The van der Waals surface area contributed by atoms with E-state index < -0.39 is 93.3 Å². The second-order valence-electron chi connectivity index (χ2n) is 43.5. The maximum atomic E-state index is 13.5. The van der Waals surface area contributed by atoms with E-state index in [9.17, 15) is 58.8 Å². The highest BCUT2D eigenvalue weighted by molar-refractivity contribution is 6.04. The van der Waals surface area contributed by atoms with E-state index in [1.807, 2.05) is 210 Å². The van der Waals surface area contributed by atoms with Gasteiger partial charge in [0, 0.05) is 62.8 Å². The van der Waals surface area contributed by atoms with Gasteiger partial charge in [-0.05, 0) is 222 Å². The van der Waals surface area contributed by atoms with Crippen molar-refractivity contribution in [3.8, 4) is 23.0 Å². The molecule has 8 amide bonds. The van der Waals surface area contributed by atoms with Gasteiger partial charge in [-0.3, -0.25) is 58.0 Å². The number of aryl methyl sites for hydroxylation is 1. The molecule has 0 saturated heterocycles. The first-order valence-electron chi connectivity index (χ1n) is 50.4. The molecule has 1 unspecified atom stereocenters. The van der Waals surface area contributed by atoms with Crippen LogP contribution in [0.4, 0.5) is 0 Å². The van der Waals surface area contributed by atoms with Gasteiger partial charge < -0.3 is 83.6 Å². The van der Waals surface area contributed by atoms with Crippen LogP contribution in [0.1, 0.15) is 337 Å². The summed E-state index contributed by atoms with van der Waals surface area (Å²) in [5.74, 6) is 1.94. The van der Waals surface area contributed by atoms with Crippen molar-refractivity contribution in [2.24, 2.45) is 48.3 Å². The highest BCUT2D eigenvalue weighted by Gasteiger charge is 2.54. The smallest absolute Gasteiger partial charge is 0.251 e. The number of carbonyl (C=O) groups excluding carboxylic acids is 8. The van der Waals surface area contributed by atoms with Gasteiger partial charge in [0.1, 0.15) is 59.6 Å². The Morgan fingerprint density at radius 1 is 0.410 bits per heavy atom. The Morgan fingerprint density at radius 3 is 1.39 bits per heavy atom. The lowest BCUT2D eigenvalue weighted by Gasteiger charge is -2.47. The van der Waals surface area contributed by atoms with Gasteiger partial charge in [-0.25, -0.2) is 20.0 Å². The number of carbonyl (C=O) groups is 8. The third-order valence-electron chi connectivity index (χ3n) is 31.4. The van der Waals surface area contributed by atoms with Crippen molar-refractivity contribution in [2.45, 2.75) is 306 Å². The lowest BCUT2D eigenvalue weighted by atomic mass is 9.77. The molecular weight excluding hydrogens is 1830 g/mol. The van der Waals surface area contributed by atoms with Crippen LogP contribution in [0.2, 0.25) is 0 Å². The van der Waals surface area contributed by atoms with Crippen LogP contribution in [0.25, 0.3) is 0 Å². The number of amides is 8. The van der Waals surface area contributed by atoms with Crippen molar-refractivity contribution >= 4 is 71.1 Å². The Morgan fingerprint density at radius 2 is 0.840 bits per heavy atom. The molecule has 16 N–H and O–H groups in total. The first-order chi connectivity index (χ1) is 68.3. The van der Waals surface area contributed by atoms with Crippen LogP contribution in [0.3, 0.4) is 0 Å². The van der Waals surface area contributed by atoms with Crippen molar-refractivity contribution < 1.29 is 77.7 Å². The monoisotopic (exact) mass is 1960 g/mol. The molecule has 32 nitrogen and oxygen atoms in total. The van der Waals surface area contributed by atoms with Crippen LogP contribution in [-0.2, 0) is 43.9 Å². The fourth-order valence-electron chi connectivity index (χ4n) is 23.1. The summed E-state index contributed by atoms with van der Waals surface area (Å²) >= 11 is 0. The van der Waals surface area contributed by atoms with Crippen molar-refractivity contribution in [3.63, 3.8) is 0 Å². The van der Waals surface area contributed by atoms with E-state index in [1.165, 1.54) is 4.90 Å². The molecule has 13 atom stereocenters. The summed E-state index contributed by atoms with van der Waals surface area (Å²) in [4.78, 5) is 132. The second-order valence-corrected chi connectivity index (χ2v) is 43.5. The third-order valence-corrected chi connectivity index (χ3v) is 31.4. The molecule has 0 bridgehead atoms. The summed E-state index contributed by atoms with van der Waals surface area (Å²) < 4.78 is 23.5. The van der Waals surface area contributed by atoms with Crippen LogP contribution in [-0.4, -0.2) is 183 Å². The standard InChI is InChI=1S/4C28H34N4O4/c1-26(2)13-20(32-22(33)14-27(3,4)31-25(32)29)18-12-16(10-11-19(18)26)24(34)30-23-17-8-6-7-9-21(17)36-15-28(23,5)35;1-5-28(4)14-22(34)32(26(29)31-28)24-19-12-17(10-11-21(19)36-15-27(24,2)3)25(35)30-23-18-9-7-6-8-16(18)13-20(23)33;1-5-28(6-2)15-22(34)32(26(29)31-28)24-19-13-17(11-12-21(19)36-27(24,3)4)25(35)30-23-18-10-8-7-9-16(18)14-20(23)33;1-3-28(4-2)15-24(34)32(27(29)31-28)21-10-7-8-17-12-13-18(14-20(17)21)26(35)30-25-19-9-5-6-11-23(19)36-16-22(25)33/h6-12,20,23,35H,13-15H2,1-5H3,(H2,29,31)(H,30,34);6-12,20,23-24,33H,5,13-15H2,1-4H3,(H2,29,31)(H,30,35);7-13,20,23-24,33H,5-6,14-15H2,1-4H3,(H2,29,31)(H,30,35);5-6,9,11-14,21-22,25,33H,3-4,7-8,10,15-16H2,1-2H3,(H2,29,31)(H,30,35)/t20-,23-,28-;20-,23-,24+,28-;20-,23-,24?;21-,22-,25-/m1111/s1. The van der Waals surface area contributed by atoms with E-state index in [-0.39, 0.29) is 121 Å². The Bertz CT molecular complexity index is 6530. The van der Waals surface area contributed by atoms with Gasteiger partial charge in [0.25, 0.3) is 23.6 Å². The van der Waals surface area contributed by atoms with Crippen molar-refractivity contribution in [1.82, 2.24) is 40.9 Å². The number of hydrogen-bond donors (Lipinski definition) is 12. The molecule has 4 aliphatic carbocycles. The number of hydrogen-bond acceptors (Lipinski definition) is 24. The predicted octanol–water partition coefficient (Wildman–Crippen LogP) is 13.4. The van der Waals surface area contributed by atoms with Gasteiger partial charge in [-0.15, -0.1) is 0 Å². The van der Waals surface area contributed by atoms with E-state index in [2.05, 4.69) is 45.1 Å². The average molecular weight is 1960 g/mol. The van der Waals surface area contributed by atoms with Crippen LogP contribution < -0.4 is 63.1 Å². The van der Waals surface area contributed by atoms with Crippen molar-refractivity contribution in [1.29, 1.82) is 0 Å². The molecule has 12 aliphatic rings. The number of nitrogens with zero attached hydrogens (tertiary/aromatic N) is 8. The molecule has 32 heteroatoms. The van der Waals surface area contributed by atoms with Crippen LogP contribution in [0, 0.1) is 5.41 Å². The largest absolute Gasteiger partial charge is 0.493 e. The number of aliphatic hydroxyl groups is 4. The molecule has 760 valence electrons. The van der Waals surface area contributed by atoms with Crippen molar-refractivity contribution in [3.05, 3.63) is 259 Å². The van der Waals surface area contributed by atoms with Gasteiger partial charge >= 0.3 is 0 Å². The number of aliphatic imine (C=N–C) groups is 4. The number of ether oxygens (including phenoxy) is 4. The SMILES string of the molecule is CC1(C)CC(=O)N([C@@H]2CC(C)(C)c3ccc(C(=O)N[C@@H]4c5ccccc5OC[C@@]4(C)O)cc32)C(N)=N1.CCC1(CC)CC(=O)N(C2c3cc(C(=O)N[C@@H]4c5ccccc5C[C@H]4O)ccc3OC2(C)C)C(N)=N1.CCC1(CC)CC(=O)N([C@@H]2CCCc3ccc(C(=O)N[C@@H]4c5ccccc5OC[C@H]4O)cc32)C(N)=N1.CC[C@]1(C)CC(=O)N([C@H]2c3cc(C(=O)N[C@@H]4c5ccccc5C[C@H]4O)ccc3OCC2(C)C)C(N)=N1. The number of rotatable bonds is 17. The molecule has 0 fully saturated rings. The number of benzene rings is 8. The molecule has 8 heterocycles. The van der Waals surface area contributed by atoms with Gasteiger partial charge in [-0.1, -0.05) is 159 Å². The maximum Gasteiger partial charge on any atom is 0.251 e. The fourth-order valence-corrected chi connectivity index (χ4v) is 23.1. The second kappa shape index (κ2) is 39.2. The Labute approximate surface area is 840 Å². The van der Waals surface area contributed by atoms with Crippen LogP contribution >= 0.6 is 0 Å². The molecule has 8 aromatic carbocycles. The summed E-state index contributed by atoms with van der Waals surface area (Å²) in [6, 6.07) is 48.3. The normalized spacial score (nSPS) is 26.7. The molecule has 144 heavy (non-hydrogen) atoms. The van der Waals surface area contributed by atoms with Gasteiger partial charge in [-0.2, -0.15) is 0 Å². The molecule has 0 aromatic heterocycles. The number of nitrogens with two attached hydrogens (primary N) is 4. The number of guanidine groups is 4. The first-order valence-corrected chi connectivity index (χ1v) is 50.4. The number of nitrogens with one attached hydrogen (secondary N) is 4. The lowest BCUT2D eigenvalue weighted by Crippen LogP contribution is -2.56. The predicted molar refractivity (Wildman–Crippen MR) is 547 cm³/mol. The van der Waals surface area contributed by atoms with Crippen LogP contribution in [0.15, 0.2) is 190 Å². The van der Waals surface area contributed by atoms with Gasteiger partial charge in [0.05, 0.1) is 109 Å². The fraction of sp³-hybridized carbons (Fsp3) is 0.464. The minimum atomic E-state index is -1.27. The summed E-state index contributed by atoms with van der Waals surface area (Å²) in [6.45, 7) is 30.2. The Hall–Kier alpha value is -13.6. The lowest BCUT2D eigenvalue weighted by molar-refractivity contribution is -0.135. The average Bonchev–Trinajstić information content (AvgIpc) is 1.61. The maximum absolute atomic E-state index is 13.5. The summed E-state index contributed by atoms with van der Waals surface area (Å²) in [5.41, 5.74) is 33.5. The summed E-state index contributed by atoms with van der Waals surface area (Å²) in [7, 11) is 0. The highest BCUT2D eigenvalue weighted by atomic mass is 16.5. The van der Waals surface area contributed by atoms with Crippen LogP contribution in [0.5, 0.6) is 23.0 Å². The Kier molecular flexibility index (Phi) is 27.7. The van der Waals surface area contributed by atoms with E-state index in [1.54, 1.807) is 64.1 Å². The van der Waals surface area contributed by atoms with E-state index in [4.69, 9.17) is 51.9 Å². The zero-order chi connectivity index (χ0) is 103. The highest BCUT2D eigenvalue weighted by Crippen LogP contribution is 2.54. The molecule has 20 rings (SSSR count). The van der Waals surface area contributed by atoms with Crippen molar-refractivity contribution in [2.75, 3.05) is 19.8 Å². The quantitative estimate of drug-likeness (QED) is 0.0403. The topological polar surface area (TPSA) is 469 Å². The summed E-state index contributed by atoms with van der Waals surface area (Å²) in [6.07, 6.45) is 6.88. The Balaban J connectivity index is 0.000000132. The first kappa shape index (κ1) is 102. The molecule has 8 aromatic rings. The third kappa shape index (κ3) is 19.6. The number of para-hydroxylation sites is 2. The minimum absolute atomic E-state index is 0.0131. The molecule has 8 aliphatic heterocycles. The molecule has 0 radical (unpaired) electrons. The minimum Gasteiger partial charge on any atom is -0.493 e. The number of aliphatic hydroxyl groups excluding tert-OH is 3. The van der Waals surface area contributed by atoms with Gasteiger partial charge in [0.2, 0.25) is 23.6 Å². The molecular formula is C112H136N16O16. The van der Waals surface area contributed by atoms with E-state index >= 15 is 0 Å². The van der Waals surface area contributed by atoms with E-state index in [0.29, 0.717) is 89.5 Å². The van der Waals surface area contributed by atoms with Gasteiger partial charge in [0.15, 0.2) is 23.8 Å². The molecule has 0 saturated carbocycles. The number of fused-ring (bicyclic) bond motifs is 8. The van der Waals surface area contributed by atoms with E-state index in [0.717, 1.165) is 106 Å².